The summed E-state index contributed by atoms with van der Waals surface area (Å²) in [4.78, 5) is 25.7. The Morgan fingerprint density at radius 3 is 2.24 bits per heavy atom. The summed E-state index contributed by atoms with van der Waals surface area (Å²) < 4.78 is 10.8. The van der Waals surface area contributed by atoms with E-state index in [4.69, 9.17) is 24.7 Å². The molecule has 1 saturated heterocycles. The van der Waals surface area contributed by atoms with E-state index in [9.17, 15) is 4.79 Å². The number of amides is 1. The van der Waals surface area contributed by atoms with Gasteiger partial charge in [0.05, 0.1) is 43.5 Å². The molecule has 1 aliphatic heterocycles. The number of ether oxygens (including phenoxy) is 2. The average Bonchev–Trinajstić information content (AvgIpc) is 2.95. The number of pyridine rings is 2. The van der Waals surface area contributed by atoms with Crippen molar-refractivity contribution in [1.29, 1.82) is 5.26 Å². The molecule has 2 aromatic heterocycles. The minimum absolute atomic E-state index is 0.00256. The van der Waals surface area contributed by atoms with Crippen molar-refractivity contribution in [2.45, 2.75) is 25.9 Å². The number of hydrogen-bond acceptors (Lipinski definition) is 7. The lowest BCUT2D eigenvalue weighted by Gasteiger charge is -2.43. The van der Waals surface area contributed by atoms with E-state index in [-0.39, 0.29) is 18.2 Å². The number of methoxy groups -OCH3 is 2. The molecule has 4 aromatic rings. The van der Waals surface area contributed by atoms with E-state index in [0.29, 0.717) is 18.7 Å². The SMILES string of the molecule is COC(=O)N1C(C)CN(c2ccc(-c3cnc4c(-c5ccc(C#N)cc5)cccc4c3OC)cn2)CC1C. The van der Waals surface area contributed by atoms with Gasteiger partial charge in [-0.15, -0.1) is 0 Å². The van der Waals surface area contributed by atoms with Gasteiger partial charge in [0.1, 0.15) is 11.6 Å². The molecule has 8 nitrogen and oxygen atoms in total. The molecule has 0 radical (unpaired) electrons. The zero-order chi connectivity index (χ0) is 26.8. The number of carbonyl (C=O) groups is 1. The highest BCUT2D eigenvalue weighted by Crippen LogP contribution is 2.39. The van der Waals surface area contributed by atoms with E-state index < -0.39 is 0 Å². The zero-order valence-corrected chi connectivity index (χ0v) is 21.9. The van der Waals surface area contributed by atoms with Crippen LogP contribution in [0.15, 0.2) is 67.0 Å². The standard InChI is InChI=1S/C30H29N5O3/c1-19-17-34(18-20(2)35(19)30(36)38-4)27-13-12-23(15-32-27)26-16-33-28-24(6-5-7-25(28)29(26)37-3)22-10-8-21(14-31)9-11-22/h5-13,15-16,19-20H,17-18H2,1-4H3. The monoisotopic (exact) mass is 507 g/mol. The van der Waals surface area contributed by atoms with Crippen LogP contribution in [0.3, 0.4) is 0 Å². The van der Waals surface area contributed by atoms with Gasteiger partial charge in [-0.3, -0.25) is 9.88 Å². The van der Waals surface area contributed by atoms with Crippen LogP contribution in [0.5, 0.6) is 5.75 Å². The lowest BCUT2D eigenvalue weighted by Crippen LogP contribution is -2.58. The highest BCUT2D eigenvalue weighted by molar-refractivity contribution is 6.00. The summed E-state index contributed by atoms with van der Waals surface area (Å²) in [6.07, 6.45) is 3.36. The van der Waals surface area contributed by atoms with Crippen LogP contribution in [0.1, 0.15) is 19.4 Å². The Hall–Kier alpha value is -4.64. The van der Waals surface area contributed by atoms with Crippen LogP contribution in [-0.4, -0.2) is 60.4 Å². The van der Waals surface area contributed by atoms with E-state index in [1.165, 1.54) is 7.11 Å². The number of nitriles is 1. The number of aromatic nitrogens is 2. The fourth-order valence-corrected chi connectivity index (χ4v) is 5.29. The van der Waals surface area contributed by atoms with Crippen molar-refractivity contribution in [1.82, 2.24) is 14.9 Å². The van der Waals surface area contributed by atoms with Gasteiger partial charge in [0.15, 0.2) is 0 Å². The molecule has 1 aliphatic rings. The quantitative estimate of drug-likeness (QED) is 0.360. The maximum atomic E-state index is 12.2. The first-order valence-corrected chi connectivity index (χ1v) is 12.5. The van der Waals surface area contributed by atoms with E-state index in [1.807, 2.05) is 80.8 Å². The summed E-state index contributed by atoms with van der Waals surface area (Å²) in [5.74, 6) is 1.58. The first-order chi connectivity index (χ1) is 18.4. The van der Waals surface area contributed by atoms with Crippen molar-refractivity contribution in [2.24, 2.45) is 0 Å². The summed E-state index contributed by atoms with van der Waals surface area (Å²) in [5, 5.41) is 10.0. The molecule has 1 amide bonds. The molecule has 0 aliphatic carbocycles. The number of carbonyl (C=O) groups excluding carboxylic acids is 1. The van der Waals surface area contributed by atoms with Crippen LogP contribution in [0, 0.1) is 11.3 Å². The molecule has 2 aromatic carbocycles. The minimum atomic E-state index is -0.300. The third-order valence-electron chi connectivity index (χ3n) is 7.06. The number of benzene rings is 2. The fourth-order valence-electron chi connectivity index (χ4n) is 5.29. The molecule has 38 heavy (non-hydrogen) atoms. The van der Waals surface area contributed by atoms with Gasteiger partial charge >= 0.3 is 6.09 Å². The third kappa shape index (κ3) is 4.48. The molecular formula is C30H29N5O3. The molecule has 8 heteroatoms. The van der Waals surface area contributed by atoms with E-state index in [2.05, 4.69) is 11.0 Å². The lowest BCUT2D eigenvalue weighted by atomic mass is 9.98. The van der Waals surface area contributed by atoms with Crippen molar-refractivity contribution in [3.8, 4) is 34.1 Å². The number of nitrogens with zero attached hydrogens (tertiary/aromatic N) is 5. The van der Waals surface area contributed by atoms with Gasteiger partial charge in [0.2, 0.25) is 0 Å². The van der Waals surface area contributed by atoms with Gasteiger partial charge in [0, 0.05) is 47.6 Å². The smallest absolute Gasteiger partial charge is 0.410 e. The van der Waals surface area contributed by atoms with Crippen molar-refractivity contribution in [2.75, 3.05) is 32.2 Å². The Morgan fingerprint density at radius 2 is 1.63 bits per heavy atom. The van der Waals surface area contributed by atoms with Gasteiger partial charge in [-0.05, 0) is 49.7 Å². The van der Waals surface area contributed by atoms with Crippen LogP contribution >= 0.6 is 0 Å². The van der Waals surface area contributed by atoms with Gasteiger partial charge in [0.25, 0.3) is 0 Å². The van der Waals surface area contributed by atoms with Crippen molar-refractivity contribution in [3.05, 3.63) is 72.6 Å². The van der Waals surface area contributed by atoms with E-state index in [1.54, 1.807) is 12.0 Å². The van der Waals surface area contributed by atoms with E-state index >= 15 is 0 Å². The molecule has 0 spiro atoms. The number of para-hydroxylation sites is 1. The number of hydrogen-bond donors (Lipinski definition) is 0. The summed E-state index contributed by atoms with van der Waals surface area (Å²) in [7, 11) is 3.08. The minimum Gasteiger partial charge on any atom is -0.495 e. The van der Waals surface area contributed by atoms with Crippen LogP contribution in [0.2, 0.25) is 0 Å². The fraction of sp³-hybridized carbons (Fsp3) is 0.267. The Labute approximate surface area is 222 Å². The second kappa shape index (κ2) is 10.4. The molecule has 0 N–H and O–H groups in total. The third-order valence-corrected chi connectivity index (χ3v) is 7.06. The molecule has 192 valence electrons. The van der Waals surface area contributed by atoms with Crippen LogP contribution in [-0.2, 0) is 4.74 Å². The maximum absolute atomic E-state index is 12.2. The topological polar surface area (TPSA) is 91.6 Å². The molecular weight excluding hydrogens is 478 g/mol. The summed E-state index contributed by atoms with van der Waals surface area (Å²) in [6, 6.07) is 19.7. The highest BCUT2D eigenvalue weighted by atomic mass is 16.5. The summed E-state index contributed by atoms with van der Waals surface area (Å²) >= 11 is 0. The van der Waals surface area contributed by atoms with Gasteiger partial charge in [-0.2, -0.15) is 5.26 Å². The molecule has 2 atom stereocenters. The molecule has 3 heterocycles. The van der Waals surface area contributed by atoms with Gasteiger partial charge < -0.3 is 14.4 Å². The van der Waals surface area contributed by atoms with Crippen LogP contribution in [0.25, 0.3) is 33.2 Å². The molecule has 2 unspecified atom stereocenters. The largest absolute Gasteiger partial charge is 0.495 e. The first-order valence-electron chi connectivity index (χ1n) is 12.5. The second-order valence-electron chi connectivity index (χ2n) is 9.48. The lowest BCUT2D eigenvalue weighted by molar-refractivity contribution is 0.0818. The Kier molecular flexibility index (Phi) is 6.84. The summed E-state index contributed by atoms with van der Waals surface area (Å²) in [6.45, 7) is 5.38. The number of rotatable bonds is 4. The second-order valence-corrected chi connectivity index (χ2v) is 9.48. The van der Waals surface area contributed by atoms with Gasteiger partial charge in [-0.1, -0.05) is 24.3 Å². The highest BCUT2D eigenvalue weighted by Gasteiger charge is 2.34. The maximum Gasteiger partial charge on any atom is 0.410 e. The Balaban J connectivity index is 1.45. The van der Waals surface area contributed by atoms with E-state index in [0.717, 1.165) is 44.7 Å². The predicted octanol–water partition coefficient (Wildman–Crippen LogP) is 5.51. The molecule has 0 bridgehead atoms. The Bertz CT molecular complexity index is 1500. The van der Waals surface area contributed by atoms with Crippen LogP contribution < -0.4 is 9.64 Å². The van der Waals surface area contributed by atoms with Crippen molar-refractivity contribution in [3.63, 3.8) is 0 Å². The van der Waals surface area contributed by atoms with Gasteiger partial charge in [-0.25, -0.2) is 9.78 Å². The average molecular weight is 508 g/mol. The first kappa shape index (κ1) is 25.0. The van der Waals surface area contributed by atoms with Crippen LogP contribution in [0.4, 0.5) is 10.6 Å². The number of anilines is 1. The van der Waals surface area contributed by atoms with Crippen molar-refractivity contribution >= 4 is 22.8 Å². The normalized spacial score (nSPS) is 17.2. The molecule has 0 saturated carbocycles. The molecule has 1 fully saturated rings. The number of piperazine rings is 1. The summed E-state index contributed by atoms with van der Waals surface area (Å²) in [5.41, 5.74) is 5.16. The number of fused-ring (bicyclic) bond motifs is 1. The molecule has 5 rings (SSSR count). The zero-order valence-electron chi connectivity index (χ0n) is 21.9. The Morgan fingerprint density at radius 1 is 0.921 bits per heavy atom. The van der Waals surface area contributed by atoms with Crippen molar-refractivity contribution < 1.29 is 14.3 Å². The predicted molar refractivity (Wildman–Crippen MR) is 147 cm³/mol.